The molecule has 2 aliphatic rings. The summed E-state index contributed by atoms with van der Waals surface area (Å²) in [4.78, 5) is 16.3. The van der Waals surface area contributed by atoms with E-state index in [0.29, 0.717) is 13.2 Å². The van der Waals surface area contributed by atoms with E-state index in [4.69, 9.17) is 14.3 Å². The number of halogens is 1. The molecule has 138 valence electrons. The third-order valence-electron chi connectivity index (χ3n) is 4.25. The van der Waals surface area contributed by atoms with Crippen molar-refractivity contribution in [1.29, 1.82) is 0 Å². The molecule has 1 aromatic heterocycles. The normalized spacial score (nSPS) is 21.2. The fourth-order valence-electron chi connectivity index (χ4n) is 2.84. The average molecular weight is 413 g/mol. The van der Waals surface area contributed by atoms with E-state index in [1.165, 1.54) is 6.42 Å². The van der Waals surface area contributed by atoms with Crippen molar-refractivity contribution in [3.8, 4) is 0 Å². The van der Waals surface area contributed by atoms with Crippen LogP contribution < -0.4 is 4.90 Å². The summed E-state index contributed by atoms with van der Waals surface area (Å²) >= 11 is 3.35. The van der Waals surface area contributed by atoms with Crippen molar-refractivity contribution < 1.29 is 14.3 Å². The summed E-state index contributed by atoms with van der Waals surface area (Å²) in [6.07, 6.45) is 9.45. The van der Waals surface area contributed by atoms with E-state index in [9.17, 15) is 0 Å². The van der Waals surface area contributed by atoms with Crippen LogP contribution in [0.4, 0.5) is 5.95 Å². The third kappa shape index (κ3) is 6.20. The lowest BCUT2D eigenvalue weighted by Gasteiger charge is -2.27. The Morgan fingerprint density at radius 2 is 2.00 bits per heavy atom. The van der Waals surface area contributed by atoms with Crippen molar-refractivity contribution in [3.63, 3.8) is 0 Å². The van der Waals surface area contributed by atoms with Gasteiger partial charge in [-0.3, -0.25) is 0 Å². The molecule has 25 heavy (non-hydrogen) atoms. The number of hydrogen-bond donors (Lipinski definition) is 0. The minimum Gasteiger partial charge on any atom is -0.396 e. The molecular weight excluding hydrogens is 388 g/mol. The second-order valence-corrected chi connectivity index (χ2v) is 7.12. The molecule has 0 bridgehead atoms. The molecule has 8 heteroatoms. The molecule has 3 rings (SSSR count). The number of hydrogen-bond acceptors (Lipinski definition) is 7. The van der Waals surface area contributed by atoms with Crippen molar-refractivity contribution in [3.05, 3.63) is 16.9 Å². The zero-order valence-corrected chi connectivity index (χ0v) is 16.0. The van der Waals surface area contributed by atoms with Crippen molar-refractivity contribution in [2.75, 3.05) is 37.8 Å². The van der Waals surface area contributed by atoms with Crippen LogP contribution in [-0.2, 0) is 14.3 Å². The molecule has 1 atom stereocenters. The fraction of sp³-hybridized carbons (Fsp3) is 0.706. The van der Waals surface area contributed by atoms with Crippen LogP contribution in [0.5, 0.6) is 0 Å². The monoisotopic (exact) mass is 412 g/mol. The number of anilines is 1. The zero-order valence-electron chi connectivity index (χ0n) is 14.4. The predicted octanol–water partition coefficient (Wildman–Crippen LogP) is 3.15. The second kappa shape index (κ2) is 10.0. The SMILES string of the molecule is Brc1cnc(N2CCC(=NOCCCOC3CCCCO3)CC2)nc1. The van der Waals surface area contributed by atoms with Crippen LogP contribution >= 0.6 is 15.9 Å². The number of ether oxygens (including phenoxy) is 2. The molecular formula is C17H25BrN4O3. The predicted molar refractivity (Wildman–Crippen MR) is 98.7 cm³/mol. The summed E-state index contributed by atoms with van der Waals surface area (Å²) in [5.74, 6) is 0.769. The highest BCUT2D eigenvalue weighted by atomic mass is 79.9. The maximum atomic E-state index is 5.67. The molecule has 0 radical (unpaired) electrons. The Balaban J connectivity index is 1.28. The highest BCUT2D eigenvalue weighted by Crippen LogP contribution is 2.16. The van der Waals surface area contributed by atoms with Crippen LogP contribution in [0, 0.1) is 0 Å². The standard InChI is InChI=1S/C17H25BrN4O3/c18-14-12-19-17(20-13-14)22-7-5-15(6-8-22)21-25-11-3-10-24-16-4-1-2-9-23-16/h12-13,16H,1-11H2. The molecule has 0 aromatic carbocycles. The van der Waals surface area contributed by atoms with Crippen molar-refractivity contribution in [2.45, 2.75) is 44.8 Å². The number of oxime groups is 1. The Morgan fingerprint density at radius 3 is 2.72 bits per heavy atom. The Kier molecular flexibility index (Phi) is 7.44. The number of nitrogens with zero attached hydrogens (tertiary/aromatic N) is 4. The maximum absolute atomic E-state index is 5.67. The summed E-state index contributed by atoms with van der Waals surface area (Å²) in [6.45, 7) is 3.79. The molecule has 0 aliphatic carbocycles. The van der Waals surface area contributed by atoms with Crippen LogP contribution in [0.1, 0.15) is 38.5 Å². The molecule has 2 saturated heterocycles. The third-order valence-corrected chi connectivity index (χ3v) is 4.65. The quantitative estimate of drug-likeness (QED) is 0.505. The molecule has 0 spiro atoms. The van der Waals surface area contributed by atoms with Crippen molar-refractivity contribution in [2.24, 2.45) is 5.16 Å². The van der Waals surface area contributed by atoms with Gasteiger partial charge in [0.2, 0.25) is 5.95 Å². The minimum atomic E-state index is -0.0229. The van der Waals surface area contributed by atoms with Gasteiger partial charge in [0.25, 0.3) is 0 Å². The number of aromatic nitrogens is 2. The fourth-order valence-corrected chi connectivity index (χ4v) is 3.05. The molecule has 0 N–H and O–H groups in total. The molecule has 0 amide bonds. The first-order valence-electron chi connectivity index (χ1n) is 8.94. The number of rotatable bonds is 7. The maximum Gasteiger partial charge on any atom is 0.225 e. The van der Waals surface area contributed by atoms with Crippen molar-refractivity contribution >= 4 is 27.6 Å². The smallest absolute Gasteiger partial charge is 0.225 e. The highest BCUT2D eigenvalue weighted by Gasteiger charge is 2.18. The molecule has 0 saturated carbocycles. The van der Waals surface area contributed by atoms with Gasteiger partial charge in [-0.25, -0.2) is 9.97 Å². The summed E-state index contributed by atoms with van der Waals surface area (Å²) in [5.41, 5.74) is 1.10. The Morgan fingerprint density at radius 1 is 1.20 bits per heavy atom. The second-order valence-electron chi connectivity index (χ2n) is 6.20. The van der Waals surface area contributed by atoms with E-state index in [-0.39, 0.29) is 6.29 Å². The molecule has 1 unspecified atom stereocenters. The van der Waals surface area contributed by atoms with Crippen molar-refractivity contribution in [1.82, 2.24) is 9.97 Å². The first-order chi connectivity index (χ1) is 12.3. The highest BCUT2D eigenvalue weighted by molar-refractivity contribution is 9.10. The van der Waals surface area contributed by atoms with Gasteiger partial charge in [0.15, 0.2) is 6.29 Å². The van der Waals surface area contributed by atoms with Gasteiger partial charge in [-0.05, 0) is 35.2 Å². The molecule has 2 aliphatic heterocycles. The van der Waals surface area contributed by atoms with Gasteiger partial charge in [0.1, 0.15) is 6.61 Å². The van der Waals surface area contributed by atoms with E-state index in [0.717, 1.165) is 67.9 Å². The molecule has 2 fully saturated rings. The molecule has 7 nitrogen and oxygen atoms in total. The topological polar surface area (TPSA) is 69.1 Å². The lowest BCUT2D eigenvalue weighted by atomic mass is 10.1. The van der Waals surface area contributed by atoms with E-state index < -0.39 is 0 Å². The zero-order chi connectivity index (χ0) is 17.3. The summed E-state index contributed by atoms with van der Waals surface area (Å²) < 4.78 is 12.1. The van der Waals surface area contributed by atoms with Gasteiger partial charge in [0.05, 0.1) is 16.8 Å². The first-order valence-corrected chi connectivity index (χ1v) is 9.74. The summed E-state index contributed by atoms with van der Waals surface area (Å²) in [5, 5.41) is 4.26. The van der Waals surface area contributed by atoms with Gasteiger partial charge in [0, 0.05) is 51.4 Å². The first kappa shape index (κ1) is 18.5. The summed E-state index contributed by atoms with van der Waals surface area (Å²) in [6, 6.07) is 0. The lowest BCUT2D eigenvalue weighted by molar-refractivity contribution is -0.164. The Bertz CT molecular complexity index is 539. The van der Waals surface area contributed by atoms with Crippen LogP contribution in [-0.4, -0.2) is 54.9 Å². The summed E-state index contributed by atoms with van der Waals surface area (Å²) in [7, 11) is 0. The van der Waals surface area contributed by atoms with E-state index >= 15 is 0 Å². The van der Waals surface area contributed by atoms with Crippen LogP contribution in [0.2, 0.25) is 0 Å². The average Bonchev–Trinajstić information content (AvgIpc) is 2.67. The minimum absolute atomic E-state index is 0.0229. The van der Waals surface area contributed by atoms with Gasteiger partial charge in [-0.2, -0.15) is 0 Å². The molecule has 3 heterocycles. The Labute approximate surface area is 156 Å². The van der Waals surface area contributed by atoms with Crippen LogP contribution in [0.25, 0.3) is 0 Å². The van der Waals surface area contributed by atoms with Gasteiger partial charge < -0.3 is 19.2 Å². The Hall–Kier alpha value is -1.25. The van der Waals surface area contributed by atoms with E-state index in [1.54, 1.807) is 12.4 Å². The largest absolute Gasteiger partial charge is 0.396 e. The van der Waals surface area contributed by atoms with Crippen LogP contribution in [0.15, 0.2) is 22.0 Å². The van der Waals surface area contributed by atoms with Gasteiger partial charge >= 0.3 is 0 Å². The lowest BCUT2D eigenvalue weighted by Crippen LogP contribution is -2.35. The van der Waals surface area contributed by atoms with E-state index in [1.807, 2.05) is 0 Å². The van der Waals surface area contributed by atoms with Crippen LogP contribution in [0.3, 0.4) is 0 Å². The van der Waals surface area contributed by atoms with Gasteiger partial charge in [-0.1, -0.05) is 5.16 Å². The molecule has 1 aromatic rings. The van der Waals surface area contributed by atoms with E-state index in [2.05, 4.69) is 36.0 Å². The van der Waals surface area contributed by atoms with Gasteiger partial charge in [-0.15, -0.1) is 0 Å². The number of piperidine rings is 1.